The molecule has 11 heteroatoms. The van der Waals surface area contributed by atoms with Gasteiger partial charge in [-0.05, 0) is 35.9 Å². The molecule has 0 fully saturated rings. The zero-order valence-corrected chi connectivity index (χ0v) is 17.7. The number of fused-ring (bicyclic) bond motifs is 2. The molecule has 0 saturated carbocycles. The average molecular weight is 494 g/mol. The minimum atomic E-state index is -4.51. The minimum Gasteiger partial charge on any atom is -0.478 e. The van der Waals surface area contributed by atoms with Crippen molar-refractivity contribution in [1.82, 2.24) is 0 Å². The predicted octanol–water partition coefficient (Wildman–Crippen LogP) is 6.34. The number of hydrogen-bond donors (Lipinski definition) is 2. The number of anilines is 1. The number of nitrogens with zero attached hydrogens (tertiary/aromatic N) is 1. The van der Waals surface area contributed by atoms with E-state index >= 15 is 0 Å². The fraction of sp³-hybridized carbons (Fsp3) is 0.167. The Balaban J connectivity index is 1.98. The second-order valence-corrected chi connectivity index (χ2v) is 7.62. The second-order valence-electron chi connectivity index (χ2n) is 7.62. The summed E-state index contributed by atoms with van der Waals surface area (Å²) in [5.41, 5.74) is 1.27. The maximum Gasteiger partial charge on any atom is 0.407 e. The smallest absolute Gasteiger partial charge is 0.407 e. The van der Waals surface area contributed by atoms with Crippen LogP contribution in [-0.4, -0.2) is 36.5 Å². The Kier molecular flexibility index (Phi) is 6.18. The van der Waals surface area contributed by atoms with E-state index in [2.05, 4.69) is 10.3 Å². The molecule has 35 heavy (non-hydrogen) atoms. The Bertz CT molecular complexity index is 1440. The fourth-order valence-corrected chi connectivity index (χ4v) is 3.65. The lowest BCUT2D eigenvalue weighted by Gasteiger charge is -2.18. The first-order valence-electron chi connectivity index (χ1n) is 10.1. The Hall–Kier alpha value is -4.02. The number of carboxylic acids is 1. The van der Waals surface area contributed by atoms with Crippen LogP contribution in [0.4, 0.5) is 32.0 Å². The zero-order chi connectivity index (χ0) is 25.4. The third kappa shape index (κ3) is 5.56. The molecular formula is C24H16F6N2O3. The van der Waals surface area contributed by atoms with E-state index in [1.807, 2.05) is 0 Å². The molecule has 182 valence electrons. The van der Waals surface area contributed by atoms with Crippen molar-refractivity contribution in [3.05, 3.63) is 71.6 Å². The summed E-state index contributed by atoms with van der Waals surface area (Å²) in [6.07, 6.45) is -8.98. The van der Waals surface area contributed by atoms with Crippen LogP contribution in [0.3, 0.4) is 0 Å². The zero-order valence-electron chi connectivity index (χ0n) is 17.7. The van der Waals surface area contributed by atoms with Crippen LogP contribution in [0.15, 0.2) is 70.1 Å². The van der Waals surface area contributed by atoms with Crippen LogP contribution in [0.25, 0.3) is 33.4 Å². The normalized spacial score (nSPS) is 12.9. The van der Waals surface area contributed by atoms with Gasteiger partial charge < -0.3 is 14.8 Å². The van der Waals surface area contributed by atoms with Gasteiger partial charge in [0.25, 0.3) is 0 Å². The summed E-state index contributed by atoms with van der Waals surface area (Å²) in [7, 11) is 0. The van der Waals surface area contributed by atoms with E-state index in [1.165, 1.54) is 48.5 Å². The number of aromatic carboxylic acids is 1. The Morgan fingerprint density at radius 3 is 2.34 bits per heavy atom. The van der Waals surface area contributed by atoms with Gasteiger partial charge in [0, 0.05) is 34.3 Å². The van der Waals surface area contributed by atoms with Crippen LogP contribution in [0.1, 0.15) is 10.4 Å². The van der Waals surface area contributed by atoms with Gasteiger partial charge in [-0.15, -0.1) is 0 Å². The summed E-state index contributed by atoms with van der Waals surface area (Å²) < 4.78 is 81.6. The molecule has 0 aromatic heterocycles. The van der Waals surface area contributed by atoms with Crippen LogP contribution >= 0.6 is 0 Å². The number of benzene rings is 3. The summed E-state index contributed by atoms with van der Waals surface area (Å²) >= 11 is 0. The summed E-state index contributed by atoms with van der Waals surface area (Å²) in [5.74, 6) is -1.12. The molecular weight excluding hydrogens is 478 g/mol. The Morgan fingerprint density at radius 2 is 1.66 bits per heavy atom. The molecule has 2 aliphatic rings. The van der Waals surface area contributed by atoms with E-state index in [0.717, 1.165) is 0 Å². The number of hydrogen-bond acceptors (Lipinski definition) is 4. The van der Waals surface area contributed by atoms with Crippen LogP contribution in [0.5, 0.6) is 0 Å². The van der Waals surface area contributed by atoms with Crippen LogP contribution in [-0.2, 0) is 0 Å². The maximum atomic E-state index is 12.6. The lowest BCUT2D eigenvalue weighted by atomic mass is 9.90. The number of alkyl halides is 6. The van der Waals surface area contributed by atoms with Gasteiger partial charge in [0.05, 0.1) is 10.9 Å². The van der Waals surface area contributed by atoms with Crippen molar-refractivity contribution in [2.24, 2.45) is 4.99 Å². The van der Waals surface area contributed by atoms with Crippen molar-refractivity contribution in [3.8, 4) is 22.5 Å². The average Bonchev–Trinajstić information content (AvgIpc) is 2.78. The molecule has 5 nitrogen and oxygen atoms in total. The molecule has 0 spiro atoms. The molecule has 1 aliphatic carbocycles. The lowest BCUT2D eigenvalue weighted by Crippen LogP contribution is -2.21. The molecule has 0 bridgehead atoms. The molecule has 0 amide bonds. The first-order valence-corrected chi connectivity index (χ1v) is 10.1. The molecule has 0 atom stereocenters. The van der Waals surface area contributed by atoms with E-state index < -0.39 is 31.4 Å². The van der Waals surface area contributed by atoms with Gasteiger partial charge in [-0.1, -0.05) is 18.2 Å². The quantitative estimate of drug-likeness (QED) is 0.251. The van der Waals surface area contributed by atoms with E-state index in [1.54, 1.807) is 12.1 Å². The summed E-state index contributed by atoms with van der Waals surface area (Å²) in [5, 5.41) is 12.3. The fourth-order valence-electron chi connectivity index (χ4n) is 3.65. The van der Waals surface area contributed by atoms with Crippen molar-refractivity contribution in [2.75, 3.05) is 18.4 Å². The molecule has 0 radical (unpaired) electrons. The predicted molar refractivity (Wildman–Crippen MR) is 116 cm³/mol. The summed E-state index contributed by atoms with van der Waals surface area (Å²) in [4.78, 5) is 15.4. The molecule has 4 rings (SSSR count). The highest BCUT2D eigenvalue weighted by Gasteiger charge is 2.28. The van der Waals surface area contributed by atoms with E-state index in [4.69, 9.17) is 4.42 Å². The van der Waals surface area contributed by atoms with Crippen molar-refractivity contribution < 1.29 is 40.7 Å². The van der Waals surface area contributed by atoms with E-state index in [-0.39, 0.29) is 28.0 Å². The van der Waals surface area contributed by atoms with E-state index in [0.29, 0.717) is 22.1 Å². The minimum absolute atomic E-state index is 0.0262. The summed E-state index contributed by atoms with van der Waals surface area (Å²) in [6.45, 7) is -2.70. The molecule has 0 unspecified atom stereocenters. The third-order valence-corrected chi connectivity index (χ3v) is 5.07. The highest BCUT2D eigenvalue weighted by Crippen LogP contribution is 2.41. The number of nitrogens with one attached hydrogen (secondary N) is 1. The van der Waals surface area contributed by atoms with Crippen LogP contribution < -0.4 is 10.7 Å². The lowest BCUT2D eigenvalue weighted by molar-refractivity contribution is -0.118. The second kappa shape index (κ2) is 8.97. The molecule has 0 saturated heterocycles. The third-order valence-electron chi connectivity index (χ3n) is 5.07. The van der Waals surface area contributed by atoms with Gasteiger partial charge in [0.15, 0.2) is 0 Å². The Morgan fingerprint density at radius 1 is 0.914 bits per heavy atom. The molecule has 1 aliphatic heterocycles. The highest BCUT2D eigenvalue weighted by molar-refractivity contribution is 6.07. The van der Waals surface area contributed by atoms with Crippen molar-refractivity contribution in [3.63, 3.8) is 0 Å². The van der Waals surface area contributed by atoms with Gasteiger partial charge in [-0.3, -0.25) is 4.99 Å². The number of carbonyl (C=O) groups is 1. The molecule has 2 aromatic rings. The maximum absolute atomic E-state index is 12.6. The van der Waals surface area contributed by atoms with Gasteiger partial charge in [-0.25, -0.2) is 4.79 Å². The van der Waals surface area contributed by atoms with Gasteiger partial charge in [0.1, 0.15) is 24.4 Å². The largest absolute Gasteiger partial charge is 0.478 e. The molecule has 2 N–H and O–H groups in total. The first-order chi connectivity index (χ1) is 16.4. The molecule has 1 heterocycles. The topological polar surface area (TPSA) is 74.8 Å². The van der Waals surface area contributed by atoms with Crippen molar-refractivity contribution in [2.45, 2.75) is 12.4 Å². The SMILES string of the molecule is O=C(O)c1ccccc1-c1c2cc/c(=N\CC(F)(F)F)cc-2oc2cc(NCC(F)(F)F)ccc12. The number of halogens is 6. The van der Waals surface area contributed by atoms with Crippen molar-refractivity contribution >= 4 is 22.6 Å². The van der Waals surface area contributed by atoms with Crippen LogP contribution in [0.2, 0.25) is 0 Å². The summed E-state index contributed by atoms with van der Waals surface area (Å²) in [6, 6.07) is 14.4. The van der Waals surface area contributed by atoms with Gasteiger partial charge in [-0.2, -0.15) is 26.3 Å². The first kappa shape index (κ1) is 24.1. The number of rotatable bonds is 5. The monoisotopic (exact) mass is 494 g/mol. The van der Waals surface area contributed by atoms with Crippen molar-refractivity contribution in [1.29, 1.82) is 0 Å². The van der Waals surface area contributed by atoms with Gasteiger partial charge >= 0.3 is 18.3 Å². The standard InChI is InChI=1S/C24H16F6N2O3/c25-23(26,27)11-31-13-5-7-17-19(9-13)35-20-10-14(32-12-24(28,29)30)6-8-18(20)21(17)15-3-1-2-4-16(15)22(33)34/h1-10,31H,11-12H2,(H,33,34)/b32-14+. The van der Waals surface area contributed by atoms with E-state index in [9.17, 15) is 36.2 Å². The number of carboxylic acid groups (broad SMARTS) is 1. The Labute approximate surface area is 193 Å². The van der Waals surface area contributed by atoms with Gasteiger partial charge in [0.2, 0.25) is 0 Å². The molecule has 2 aromatic carbocycles. The highest BCUT2D eigenvalue weighted by atomic mass is 19.4. The van der Waals surface area contributed by atoms with Crippen LogP contribution in [0, 0.1) is 0 Å².